The highest BCUT2D eigenvalue weighted by atomic mass is 15.0. The van der Waals surface area contributed by atoms with Gasteiger partial charge in [-0.1, -0.05) is 26.0 Å². The van der Waals surface area contributed by atoms with E-state index in [9.17, 15) is 0 Å². The van der Waals surface area contributed by atoms with Gasteiger partial charge in [0, 0.05) is 6.54 Å². The van der Waals surface area contributed by atoms with Crippen molar-refractivity contribution in [3.8, 4) is 0 Å². The predicted octanol–water partition coefficient (Wildman–Crippen LogP) is 2.54. The molecule has 0 saturated heterocycles. The highest BCUT2D eigenvalue weighted by molar-refractivity contribution is 4.77. The fraction of sp³-hybridized carbons (Fsp3) is 0.778. The Morgan fingerprint density at radius 1 is 1.20 bits per heavy atom. The van der Waals surface area contributed by atoms with Crippen LogP contribution in [0.2, 0.25) is 0 Å². The largest absolute Gasteiger partial charge is 0.309 e. The van der Waals surface area contributed by atoms with Gasteiger partial charge in [0.2, 0.25) is 0 Å². The van der Waals surface area contributed by atoms with Gasteiger partial charge < -0.3 is 4.90 Å². The fourth-order valence-corrected chi connectivity index (χ4v) is 0.499. The lowest BCUT2D eigenvalue weighted by atomic mass is 10.4. The quantitative estimate of drug-likeness (QED) is 0.549. The predicted molar refractivity (Wildman–Crippen MR) is 49.3 cm³/mol. The molecule has 0 N–H and O–H groups in total. The molecule has 0 aromatic rings. The summed E-state index contributed by atoms with van der Waals surface area (Å²) in [6.45, 7) is 7.21. The van der Waals surface area contributed by atoms with Gasteiger partial charge in [-0.3, -0.25) is 0 Å². The molecule has 0 unspecified atom stereocenters. The van der Waals surface area contributed by atoms with Crippen LogP contribution in [0, 0.1) is 0 Å². The van der Waals surface area contributed by atoms with Gasteiger partial charge in [-0.2, -0.15) is 0 Å². The van der Waals surface area contributed by atoms with Gasteiger partial charge in [-0.05, 0) is 27.4 Å². The number of nitrogens with zero attached hydrogens (tertiary/aromatic N) is 1. The van der Waals surface area contributed by atoms with E-state index >= 15 is 0 Å². The lowest BCUT2D eigenvalue weighted by Crippen LogP contribution is -2.11. The molecule has 10 heavy (non-hydrogen) atoms. The normalized spacial score (nSPS) is 9.80. The summed E-state index contributed by atoms with van der Waals surface area (Å²) in [6.07, 6.45) is 5.44. The number of allylic oxidation sites excluding steroid dienone is 1. The van der Waals surface area contributed by atoms with E-state index in [1.807, 2.05) is 13.8 Å². The topological polar surface area (TPSA) is 3.24 Å². The van der Waals surface area contributed by atoms with E-state index in [-0.39, 0.29) is 0 Å². The molecule has 0 radical (unpaired) electrons. The summed E-state index contributed by atoms with van der Waals surface area (Å²) in [6, 6.07) is 0. The van der Waals surface area contributed by atoms with E-state index in [0.717, 1.165) is 6.54 Å². The second-order valence-corrected chi connectivity index (χ2v) is 2.16. The van der Waals surface area contributed by atoms with Crippen molar-refractivity contribution in [3.05, 3.63) is 12.2 Å². The van der Waals surface area contributed by atoms with Gasteiger partial charge >= 0.3 is 0 Å². The maximum Gasteiger partial charge on any atom is 0.000980 e. The molecule has 0 aromatic heterocycles. The van der Waals surface area contributed by atoms with Crippen molar-refractivity contribution in [1.82, 2.24) is 4.90 Å². The molecule has 1 heteroatoms. The summed E-state index contributed by atoms with van der Waals surface area (Å²) in [5.41, 5.74) is 0. The molecule has 0 aliphatic rings. The van der Waals surface area contributed by atoms with Gasteiger partial charge in [-0.25, -0.2) is 0 Å². The zero-order valence-corrected chi connectivity index (χ0v) is 8.02. The third-order valence-electron chi connectivity index (χ3n) is 0.979. The Labute approximate surface area is 65.7 Å². The van der Waals surface area contributed by atoms with E-state index in [2.05, 4.69) is 38.1 Å². The summed E-state index contributed by atoms with van der Waals surface area (Å²) in [5.74, 6) is 0. The zero-order valence-electron chi connectivity index (χ0n) is 8.02. The average Bonchev–Trinajstić information content (AvgIpc) is 1.92. The van der Waals surface area contributed by atoms with Crippen molar-refractivity contribution in [1.29, 1.82) is 0 Å². The molecule has 0 saturated carbocycles. The second-order valence-electron chi connectivity index (χ2n) is 2.16. The van der Waals surface area contributed by atoms with Crippen LogP contribution in [0.5, 0.6) is 0 Å². The van der Waals surface area contributed by atoms with Crippen LogP contribution in [0.25, 0.3) is 0 Å². The maximum absolute atomic E-state index is 2.18. The molecule has 62 valence electrons. The molecule has 0 aromatic carbocycles. The van der Waals surface area contributed by atoms with Crippen LogP contribution in [0.1, 0.15) is 27.2 Å². The number of hydrogen-bond donors (Lipinski definition) is 0. The van der Waals surface area contributed by atoms with E-state index in [1.54, 1.807) is 0 Å². The van der Waals surface area contributed by atoms with Crippen LogP contribution in [0.15, 0.2) is 12.2 Å². The first-order valence-corrected chi connectivity index (χ1v) is 4.03. The molecule has 0 spiro atoms. The van der Waals surface area contributed by atoms with Crippen molar-refractivity contribution >= 4 is 0 Å². The van der Waals surface area contributed by atoms with E-state index < -0.39 is 0 Å². The minimum Gasteiger partial charge on any atom is -0.309 e. The Morgan fingerprint density at radius 2 is 1.70 bits per heavy atom. The van der Waals surface area contributed by atoms with Gasteiger partial charge in [-0.15, -0.1) is 0 Å². The number of hydrogen-bond acceptors (Lipinski definition) is 1. The van der Waals surface area contributed by atoms with Crippen molar-refractivity contribution < 1.29 is 0 Å². The van der Waals surface area contributed by atoms with Crippen LogP contribution in [0.3, 0.4) is 0 Å². The SMILES string of the molecule is C/C=C\CCN(C)C.CC. The summed E-state index contributed by atoms with van der Waals surface area (Å²) >= 11 is 0. The molecule has 0 aliphatic heterocycles. The van der Waals surface area contributed by atoms with Crippen LogP contribution in [-0.2, 0) is 0 Å². The standard InChI is InChI=1S/C7H15N.C2H6/c1-4-5-6-7-8(2)3;1-2/h4-5H,6-7H2,1-3H3;1-2H3/b5-4-;. The smallest absolute Gasteiger partial charge is 0.000980 e. The highest BCUT2D eigenvalue weighted by Gasteiger charge is 1.82. The lowest BCUT2D eigenvalue weighted by molar-refractivity contribution is 0.417. The molecule has 0 fully saturated rings. The van der Waals surface area contributed by atoms with Crippen LogP contribution in [0.4, 0.5) is 0 Å². The van der Waals surface area contributed by atoms with Crippen molar-refractivity contribution in [3.63, 3.8) is 0 Å². The lowest BCUT2D eigenvalue weighted by Gasteiger charge is -2.04. The first kappa shape index (κ1) is 12.4. The molecule has 0 rings (SSSR count). The summed E-state index contributed by atoms with van der Waals surface area (Å²) in [4.78, 5) is 2.18. The average molecular weight is 143 g/mol. The zero-order chi connectivity index (χ0) is 8.41. The second kappa shape index (κ2) is 11.5. The van der Waals surface area contributed by atoms with Gasteiger partial charge in [0.05, 0.1) is 0 Å². The summed E-state index contributed by atoms with van der Waals surface area (Å²) < 4.78 is 0. The fourth-order valence-electron chi connectivity index (χ4n) is 0.499. The van der Waals surface area contributed by atoms with E-state index in [1.165, 1.54) is 6.42 Å². The summed E-state index contributed by atoms with van der Waals surface area (Å²) in [5, 5.41) is 0. The maximum atomic E-state index is 2.18. The van der Waals surface area contributed by atoms with E-state index in [0.29, 0.717) is 0 Å². The van der Waals surface area contributed by atoms with Crippen LogP contribution in [-0.4, -0.2) is 25.5 Å². The monoisotopic (exact) mass is 143 g/mol. The highest BCUT2D eigenvalue weighted by Crippen LogP contribution is 1.83. The van der Waals surface area contributed by atoms with Crippen LogP contribution >= 0.6 is 0 Å². The Morgan fingerprint density at radius 3 is 2.00 bits per heavy atom. The molecule has 0 heterocycles. The van der Waals surface area contributed by atoms with Crippen LogP contribution < -0.4 is 0 Å². The van der Waals surface area contributed by atoms with Gasteiger partial charge in [0.15, 0.2) is 0 Å². The Balaban J connectivity index is 0. The Hall–Kier alpha value is -0.300. The molecular weight excluding hydrogens is 122 g/mol. The molecule has 1 nitrogen and oxygen atoms in total. The van der Waals surface area contributed by atoms with Gasteiger partial charge in [0.1, 0.15) is 0 Å². The third kappa shape index (κ3) is 15.6. The van der Waals surface area contributed by atoms with Crippen molar-refractivity contribution in [2.24, 2.45) is 0 Å². The van der Waals surface area contributed by atoms with E-state index in [4.69, 9.17) is 0 Å². The number of rotatable bonds is 3. The Kier molecular flexibility index (Phi) is 14.2. The van der Waals surface area contributed by atoms with Crippen molar-refractivity contribution in [2.75, 3.05) is 20.6 Å². The Bertz CT molecular complexity index is 65.1. The molecule has 0 atom stereocenters. The van der Waals surface area contributed by atoms with Crippen molar-refractivity contribution in [2.45, 2.75) is 27.2 Å². The minimum atomic E-state index is 1.16. The molecule has 0 amide bonds. The van der Waals surface area contributed by atoms with Gasteiger partial charge in [0.25, 0.3) is 0 Å². The summed E-state index contributed by atoms with van der Waals surface area (Å²) in [7, 11) is 4.17. The first-order valence-electron chi connectivity index (χ1n) is 4.03. The molecule has 0 aliphatic carbocycles. The molecular formula is C9H21N. The first-order chi connectivity index (χ1) is 4.77. The molecule has 0 bridgehead atoms. The third-order valence-corrected chi connectivity index (χ3v) is 0.979. The minimum absolute atomic E-state index is 1.16.